The summed E-state index contributed by atoms with van der Waals surface area (Å²) in [6.07, 6.45) is -2.89. The SMILES string of the molecule is CSc1ccc(S(=O)(=O)N(CC(=O)O)c2cccc(C(F)(F)F)c2)cc1. The highest BCUT2D eigenvalue weighted by Crippen LogP contribution is 2.33. The molecule has 0 amide bonds. The minimum atomic E-state index is -4.69. The van der Waals surface area contributed by atoms with E-state index in [1.165, 1.54) is 36.0 Å². The number of benzene rings is 2. The molecule has 2 rings (SSSR count). The highest BCUT2D eigenvalue weighted by Gasteiger charge is 2.33. The lowest BCUT2D eigenvalue weighted by atomic mass is 10.2. The van der Waals surface area contributed by atoms with Crippen LogP contribution in [0.4, 0.5) is 18.9 Å². The molecule has 1 N–H and O–H groups in total. The molecule has 0 fully saturated rings. The van der Waals surface area contributed by atoms with Crippen LogP contribution in [-0.4, -0.2) is 32.3 Å². The Hall–Kier alpha value is -2.20. The number of sulfonamides is 1. The fourth-order valence-electron chi connectivity index (χ4n) is 2.15. The molecule has 2 aromatic carbocycles. The maximum absolute atomic E-state index is 12.9. The van der Waals surface area contributed by atoms with E-state index in [-0.39, 0.29) is 10.6 Å². The van der Waals surface area contributed by atoms with Gasteiger partial charge in [-0.15, -0.1) is 11.8 Å². The van der Waals surface area contributed by atoms with Crippen LogP contribution in [0.2, 0.25) is 0 Å². The fourth-order valence-corrected chi connectivity index (χ4v) is 3.96. The average molecular weight is 405 g/mol. The molecular weight excluding hydrogens is 391 g/mol. The third kappa shape index (κ3) is 4.50. The van der Waals surface area contributed by atoms with Crippen molar-refractivity contribution in [3.8, 4) is 0 Å². The standard InChI is InChI=1S/C16H14F3NO4S2/c1-25-13-5-7-14(8-6-13)26(23,24)20(10-15(21)22)12-4-2-3-11(9-12)16(17,18)19/h2-9H,10H2,1H3,(H,21,22). The van der Waals surface area contributed by atoms with E-state index in [9.17, 15) is 26.4 Å². The Balaban J connectivity index is 2.54. The molecule has 0 bridgehead atoms. The predicted octanol–water partition coefficient (Wildman–Crippen LogP) is 3.71. The van der Waals surface area contributed by atoms with Gasteiger partial charge in [0.05, 0.1) is 16.1 Å². The molecule has 0 heterocycles. The number of rotatable bonds is 6. The second-order valence-electron chi connectivity index (χ2n) is 5.13. The monoisotopic (exact) mass is 405 g/mol. The first kappa shape index (κ1) is 20.1. The van der Waals surface area contributed by atoms with Crippen molar-refractivity contribution in [1.29, 1.82) is 0 Å². The zero-order valence-electron chi connectivity index (χ0n) is 13.4. The number of halogens is 3. The Morgan fingerprint density at radius 2 is 1.77 bits per heavy atom. The normalized spacial score (nSPS) is 12.0. The van der Waals surface area contributed by atoms with Crippen molar-refractivity contribution in [2.45, 2.75) is 16.0 Å². The van der Waals surface area contributed by atoms with E-state index >= 15 is 0 Å². The molecule has 0 spiro atoms. The average Bonchev–Trinajstić information content (AvgIpc) is 2.59. The summed E-state index contributed by atoms with van der Waals surface area (Å²) in [7, 11) is -4.36. The molecule has 5 nitrogen and oxygen atoms in total. The molecule has 0 radical (unpaired) electrons. The summed E-state index contributed by atoms with van der Waals surface area (Å²) < 4.78 is 64.8. The molecular formula is C16H14F3NO4S2. The molecule has 0 aliphatic heterocycles. The van der Waals surface area contributed by atoms with Gasteiger partial charge in [0.15, 0.2) is 0 Å². The Labute approximate surface area is 152 Å². The Kier molecular flexibility index (Phi) is 5.87. The van der Waals surface area contributed by atoms with Crippen LogP contribution >= 0.6 is 11.8 Å². The summed E-state index contributed by atoms with van der Waals surface area (Å²) in [6, 6.07) is 9.16. The Bertz CT molecular complexity index is 896. The van der Waals surface area contributed by atoms with Crippen LogP contribution in [0.5, 0.6) is 0 Å². The topological polar surface area (TPSA) is 74.7 Å². The lowest BCUT2D eigenvalue weighted by Gasteiger charge is -2.23. The lowest BCUT2D eigenvalue weighted by Crippen LogP contribution is -2.35. The van der Waals surface area contributed by atoms with E-state index in [0.717, 1.165) is 23.1 Å². The van der Waals surface area contributed by atoms with Gasteiger partial charge in [-0.25, -0.2) is 8.42 Å². The molecule has 0 aliphatic carbocycles. The fraction of sp³-hybridized carbons (Fsp3) is 0.188. The zero-order valence-corrected chi connectivity index (χ0v) is 15.0. The van der Waals surface area contributed by atoms with Gasteiger partial charge >= 0.3 is 12.1 Å². The minimum absolute atomic E-state index is 0.214. The van der Waals surface area contributed by atoms with E-state index in [0.29, 0.717) is 10.4 Å². The second-order valence-corrected chi connectivity index (χ2v) is 7.87. The molecule has 0 saturated heterocycles. The first-order chi connectivity index (χ1) is 12.1. The molecule has 140 valence electrons. The zero-order chi connectivity index (χ0) is 19.5. The number of aliphatic carboxylic acids is 1. The number of anilines is 1. The summed E-state index contributed by atoms with van der Waals surface area (Å²) in [4.78, 5) is 11.7. The summed E-state index contributed by atoms with van der Waals surface area (Å²) >= 11 is 1.38. The van der Waals surface area contributed by atoms with Crippen LogP contribution in [0.3, 0.4) is 0 Å². The number of hydrogen-bond donors (Lipinski definition) is 1. The van der Waals surface area contributed by atoms with Crippen LogP contribution in [0, 0.1) is 0 Å². The largest absolute Gasteiger partial charge is 0.480 e. The molecule has 2 aromatic rings. The summed E-state index contributed by atoms with van der Waals surface area (Å²) in [6.45, 7) is -1.01. The Morgan fingerprint density at radius 1 is 1.15 bits per heavy atom. The van der Waals surface area contributed by atoms with Crippen LogP contribution in [0.1, 0.15) is 5.56 Å². The first-order valence-electron chi connectivity index (χ1n) is 7.11. The third-order valence-electron chi connectivity index (χ3n) is 3.39. The van der Waals surface area contributed by atoms with Gasteiger partial charge < -0.3 is 5.11 Å². The Morgan fingerprint density at radius 3 is 2.27 bits per heavy atom. The van der Waals surface area contributed by atoms with E-state index in [4.69, 9.17) is 5.11 Å². The van der Waals surface area contributed by atoms with Crippen LogP contribution < -0.4 is 4.31 Å². The van der Waals surface area contributed by atoms with Crippen molar-refractivity contribution in [2.75, 3.05) is 17.1 Å². The number of carbonyl (C=O) groups is 1. The molecule has 0 unspecified atom stereocenters. The highest BCUT2D eigenvalue weighted by molar-refractivity contribution is 7.98. The number of nitrogens with zero attached hydrogens (tertiary/aromatic N) is 1. The third-order valence-corrected chi connectivity index (χ3v) is 5.92. The number of hydrogen-bond acceptors (Lipinski definition) is 4. The summed E-state index contributed by atoms with van der Waals surface area (Å²) in [5.41, 5.74) is -1.45. The summed E-state index contributed by atoms with van der Waals surface area (Å²) in [5, 5.41) is 9.04. The van der Waals surface area contributed by atoms with Gasteiger partial charge in [0.25, 0.3) is 10.0 Å². The molecule has 0 saturated carbocycles. The first-order valence-corrected chi connectivity index (χ1v) is 9.78. The maximum Gasteiger partial charge on any atom is 0.416 e. The predicted molar refractivity (Wildman–Crippen MR) is 91.8 cm³/mol. The highest BCUT2D eigenvalue weighted by atomic mass is 32.2. The lowest BCUT2D eigenvalue weighted by molar-refractivity contribution is -0.137. The van der Waals surface area contributed by atoms with Gasteiger partial charge in [-0.05, 0) is 48.7 Å². The number of thioether (sulfide) groups is 1. The molecule has 0 aliphatic rings. The number of carboxylic acids is 1. The minimum Gasteiger partial charge on any atom is -0.480 e. The van der Waals surface area contributed by atoms with E-state index < -0.39 is 34.3 Å². The summed E-state index contributed by atoms with van der Waals surface area (Å²) in [5.74, 6) is -1.49. The van der Waals surface area contributed by atoms with E-state index in [1.54, 1.807) is 6.26 Å². The van der Waals surface area contributed by atoms with Gasteiger partial charge in [-0.1, -0.05) is 6.07 Å². The van der Waals surface area contributed by atoms with E-state index in [1.807, 2.05) is 0 Å². The van der Waals surface area contributed by atoms with E-state index in [2.05, 4.69) is 0 Å². The van der Waals surface area contributed by atoms with Crippen molar-refractivity contribution >= 4 is 33.4 Å². The van der Waals surface area contributed by atoms with Crippen molar-refractivity contribution in [3.63, 3.8) is 0 Å². The van der Waals surface area contributed by atoms with Crippen LogP contribution in [0.15, 0.2) is 58.3 Å². The van der Waals surface area contributed by atoms with Crippen molar-refractivity contribution in [2.24, 2.45) is 0 Å². The van der Waals surface area contributed by atoms with Gasteiger partial charge in [0.1, 0.15) is 6.54 Å². The van der Waals surface area contributed by atoms with Crippen molar-refractivity contribution in [1.82, 2.24) is 0 Å². The number of carboxylic acid groups (broad SMARTS) is 1. The quantitative estimate of drug-likeness (QED) is 0.742. The maximum atomic E-state index is 12.9. The molecule has 26 heavy (non-hydrogen) atoms. The van der Waals surface area contributed by atoms with Gasteiger partial charge in [-0.3, -0.25) is 9.10 Å². The van der Waals surface area contributed by atoms with Crippen molar-refractivity contribution in [3.05, 3.63) is 54.1 Å². The molecule has 0 atom stereocenters. The van der Waals surface area contributed by atoms with Crippen LogP contribution in [0.25, 0.3) is 0 Å². The smallest absolute Gasteiger partial charge is 0.416 e. The van der Waals surface area contributed by atoms with Crippen LogP contribution in [-0.2, 0) is 21.0 Å². The second kappa shape index (κ2) is 7.58. The van der Waals surface area contributed by atoms with Gasteiger partial charge in [-0.2, -0.15) is 13.2 Å². The number of alkyl halides is 3. The molecule has 0 aromatic heterocycles. The van der Waals surface area contributed by atoms with Gasteiger partial charge in [0, 0.05) is 4.90 Å². The van der Waals surface area contributed by atoms with Gasteiger partial charge in [0.2, 0.25) is 0 Å². The van der Waals surface area contributed by atoms with Crippen molar-refractivity contribution < 1.29 is 31.5 Å². The molecule has 10 heteroatoms.